The van der Waals surface area contributed by atoms with E-state index in [0.717, 1.165) is 32.2 Å². The van der Waals surface area contributed by atoms with E-state index in [4.69, 9.17) is 4.74 Å². The Morgan fingerprint density at radius 2 is 2.50 bits per heavy atom. The number of ether oxygens (including phenoxy) is 1. The molecule has 0 saturated heterocycles. The molecule has 1 aliphatic carbocycles. The summed E-state index contributed by atoms with van der Waals surface area (Å²) in [5, 5.41) is 0. The molecule has 20 heavy (non-hydrogen) atoms. The molecular weight excluding hydrogens is 272 g/mol. The summed E-state index contributed by atoms with van der Waals surface area (Å²) in [6.07, 6.45) is 9.42. The van der Waals surface area contributed by atoms with Crippen LogP contribution in [0.4, 0.5) is 0 Å². The van der Waals surface area contributed by atoms with Crippen molar-refractivity contribution in [2.75, 3.05) is 7.11 Å². The summed E-state index contributed by atoms with van der Waals surface area (Å²) in [5.74, 6) is -0.0170. The number of aryl methyl sites for hydroxylation is 3. The second-order valence-electron chi connectivity index (χ2n) is 5.17. The number of fused-ring (bicyclic) bond motifs is 1. The molecule has 0 saturated carbocycles. The van der Waals surface area contributed by atoms with Gasteiger partial charge in [0.1, 0.15) is 0 Å². The molecule has 1 atom stereocenters. The van der Waals surface area contributed by atoms with Crippen molar-refractivity contribution >= 4 is 17.3 Å². The molecule has 0 amide bonds. The van der Waals surface area contributed by atoms with Crippen LogP contribution in [-0.2, 0) is 35.3 Å². The molecule has 4 nitrogen and oxygen atoms in total. The van der Waals surface area contributed by atoms with Crippen molar-refractivity contribution in [1.29, 1.82) is 0 Å². The summed E-state index contributed by atoms with van der Waals surface area (Å²) in [7, 11) is 1.48. The van der Waals surface area contributed by atoms with Gasteiger partial charge in [-0.05, 0) is 37.3 Å². The maximum Gasteiger partial charge on any atom is 0.309 e. The number of hydrogen-bond acceptors (Lipinski definition) is 4. The maximum atomic E-state index is 11.6. The number of aromatic nitrogens is 2. The molecule has 2 aromatic rings. The molecule has 2 aromatic heterocycles. The van der Waals surface area contributed by atoms with Crippen LogP contribution < -0.4 is 0 Å². The van der Waals surface area contributed by atoms with Gasteiger partial charge in [-0.1, -0.05) is 0 Å². The average Bonchev–Trinajstić information content (AvgIpc) is 3.12. The van der Waals surface area contributed by atoms with Gasteiger partial charge in [-0.2, -0.15) is 0 Å². The highest BCUT2D eigenvalue weighted by atomic mass is 32.1. The number of hydrogen-bond donors (Lipinski definition) is 0. The second-order valence-corrected chi connectivity index (χ2v) is 6.40. The van der Waals surface area contributed by atoms with Gasteiger partial charge in [0.2, 0.25) is 0 Å². The Labute approximate surface area is 122 Å². The molecule has 0 fully saturated rings. The van der Waals surface area contributed by atoms with Crippen molar-refractivity contribution < 1.29 is 9.53 Å². The zero-order valence-electron chi connectivity index (χ0n) is 11.5. The molecule has 0 radical (unpaired) electrons. The van der Waals surface area contributed by atoms with Gasteiger partial charge in [0.25, 0.3) is 0 Å². The number of nitrogens with zero attached hydrogens (tertiary/aromatic N) is 2. The molecule has 0 N–H and O–H groups in total. The van der Waals surface area contributed by atoms with Crippen LogP contribution in [0.2, 0.25) is 0 Å². The summed E-state index contributed by atoms with van der Waals surface area (Å²) >= 11 is 1.85. The molecule has 0 bridgehead atoms. The number of imidazole rings is 1. The first-order valence-electron chi connectivity index (χ1n) is 6.90. The lowest BCUT2D eigenvalue weighted by molar-refractivity contribution is -0.145. The molecule has 106 valence electrons. The van der Waals surface area contributed by atoms with E-state index in [1.54, 1.807) is 6.20 Å². The van der Waals surface area contributed by atoms with Crippen molar-refractivity contribution in [3.8, 4) is 0 Å². The standard InChI is InChI=1S/C15H18N2O2S/c1-19-15(18)12-3-2-11-8-13(20-14(11)9-12)4-6-17-7-5-16-10-17/h5,7-8,10,12H,2-4,6,9H2,1H3. The number of esters is 1. The second kappa shape index (κ2) is 5.79. The average molecular weight is 290 g/mol. The van der Waals surface area contributed by atoms with E-state index < -0.39 is 0 Å². The fraction of sp³-hybridized carbons (Fsp3) is 0.467. The van der Waals surface area contributed by atoms with E-state index in [9.17, 15) is 4.79 Å². The van der Waals surface area contributed by atoms with Gasteiger partial charge in [0, 0.05) is 28.7 Å². The molecule has 0 aliphatic heterocycles. The van der Waals surface area contributed by atoms with E-state index in [2.05, 4.69) is 15.6 Å². The Bertz CT molecular complexity index is 589. The van der Waals surface area contributed by atoms with E-state index in [1.807, 2.05) is 23.9 Å². The first kappa shape index (κ1) is 13.4. The Balaban J connectivity index is 1.65. The number of thiophene rings is 1. The van der Waals surface area contributed by atoms with Gasteiger partial charge >= 0.3 is 5.97 Å². The fourth-order valence-electron chi connectivity index (χ4n) is 2.72. The highest BCUT2D eigenvalue weighted by Crippen LogP contribution is 2.33. The highest BCUT2D eigenvalue weighted by molar-refractivity contribution is 7.12. The third-order valence-electron chi connectivity index (χ3n) is 3.85. The van der Waals surface area contributed by atoms with Gasteiger partial charge in [-0.15, -0.1) is 11.3 Å². The summed E-state index contributed by atoms with van der Waals surface area (Å²) in [4.78, 5) is 18.5. The van der Waals surface area contributed by atoms with Gasteiger partial charge in [-0.3, -0.25) is 4.79 Å². The molecule has 5 heteroatoms. The first-order chi connectivity index (χ1) is 9.76. The van der Waals surface area contributed by atoms with E-state index in [1.165, 1.54) is 22.4 Å². The Hall–Kier alpha value is -1.62. The number of carbonyl (C=O) groups is 1. The molecular formula is C15H18N2O2S. The lowest BCUT2D eigenvalue weighted by atomic mass is 9.89. The van der Waals surface area contributed by atoms with Crippen LogP contribution in [0.5, 0.6) is 0 Å². The topological polar surface area (TPSA) is 44.1 Å². The van der Waals surface area contributed by atoms with Crippen molar-refractivity contribution in [1.82, 2.24) is 9.55 Å². The zero-order chi connectivity index (χ0) is 13.9. The third-order valence-corrected chi connectivity index (χ3v) is 5.11. The quantitative estimate of drug-likeness (QED) is 0.813. The molecule has 3 rings (SSSR count). The molecule has 2 heterocycles. The van der Waals surface area contributed by atoms with E-state index >= 15 is 0 Å². The zero-order valence-corrected chi connectivity index (χ0v) is 12.4. The Kier molecular flexibility index (Phi) is 3.87. The van der Waals surface area contributed by atoms with Crippen LogP contribution in [0.25, 0.3) is 0 Å². The largest absolute Gasteiger partial charge is 0.469 e. The van der Waals surface area contributed by atoms with Crippen LogP contribution in [0.15, 0.2) is 24.8 Å². The summed E-state index contributed by atoms with van der Waals surface area (Å²) in [6.45, 7) is 0.958. The molecule has 0 spiro atoms. The van der Waals surface area contributed by atoms with Crippen LogP contribution in [0.3, 0.4) is 0 Å². The van der Waals surface area contributed by atoms with Gasteiger partial charge in [0.15, 0.2) is 0 Å². The summed E-state index contributed by atoms with van der Waals surface area (Å²) in [5.41, 5.74) is 1.43. The van der Waals surface area contributed by atoms with Crippen molar-refractivity contribution in [3.63, 3.8) is 0 Å². The SMILES string of the molecule is COC(=O)C1CCc2cc(CCn3ccnc3)sc2C1. The van der Waals surface area contributed by atoms with Gasteiger partial charge in [-0.25, -0.2) is 4.98 Å². The van der Waals surface area contributed by atoms with Crippen molar-refractivity contribution in [2.45, 2.75) is 32.2 Å². The summed E-state index contributed by atoms with van der Waals surface area (Å²) < 4.78 is 6.96. The van der Waals surface area contributed by atoms with E-state index in [0.29, 0.717) is 0 Å². The van der Waals surface area contributed by atoms with Gasteiger partial charge < -0.3 is 9.30 Å². The maximum absolute atomic E-state index is 11.6. The monoisotopic (exact) mass is 290 g/mol. The van der Waals surface area contributed by atoms with Crippen LogP contribution in [-0.4, -0.2) is 22.6 Å². The number of carbonyl (C=O) groups excluding carboxylic acids is 1. The Morgan fingerprint density at radius 1 is 1.60 bits per heavy atom. The predicted octanol–water partition coefficient (Wildman–Crippen LogP) is 2.47. The lowest BCUT2D eigenvalue weighted by Gasteiger charge is -2.19. The van der Waals surface area contributed by atoms with Gasteiger partial charge in [0.05, 0.1) is 19.4 Å². The number of methoxy groups -OCH3 is 1. The van der Waals surface area contributed by atoms with Crippen molar-refractivity contribution in [2.24, 2.45) is 5.92 Å². The highest BCUT2D eigenvalue weighted by Gasteiger charge is 2.26. The summed E-state index contributed by atoms with van der Waals surface area (Å²) in [6, 6.07) is 2.31. The van der Waals surface area contributed by atoms with Crippen molar-refractivity contribution in [3.05, 3.63) is 40.1 Å². The first-order valence-corrected chi connectivity index (χ1v) is 7.72. The normalized spacial score (nSPS) is 17.8. The van der Waals surface area contributed by atoms with E-state index in [-0.39, 0.29) is 11.9 Å². The molecule has 1 aliphatic rings. The minimum absolute atomic E-state index is 0.0487. The minimum Gasteiger partial charge on any atom is -0.469 e. The fourth-order valence-corrected chi connectivity index (χ4v) is 4.00. The Morgan fingerprint density at radius 3 is 3.25 bits per heavy atom. The van der Waals surface area contributed by atoms with Crippen LogP contribution >= 0.6 is 11.3 Å². The molecule has 0 aromatic carbocycles. The third kappa shape index (κ3) is 2.77. The lowest BCUT2D eigenvalue weighted by Crippen LogP contribution is -2.22. The van der Waals surface area contributed by atoms with Crippen LogP contribution in [0.1, 0.15) is 21.7 Å². The molecule has 1 unspecified atom stereocenters. The smallest absolute Gasteiger partial charge is 0.309 e. The predicted molar refractivity (Wildman–Crippen MR) is 77.8 cm³/mol. The number of rotatable bonds is 4. The van der Waals surface area contributed by atoms with Crippen LogP contribution in [0, 0.1) is 5.92 Å². The minimum atomic E-state index is -0.0657.